The van der Waals surface area contributed by atoms with Crippen LogP contribution in [-0.2, 0) is 4.74 Å². The maximum Gasteiger partial charge on any atom is 0.338 e. The molecule has 0 amide bonds. The van der Waals surface area contributed by atoms with Crippen LogP contribution < -0.4 is 15.5 Å². The average molecular weight is 409 g/mol. The van der Waals surface area contributed by atoms with Crippen molar-refractivity contribution < 1.29 is 9.53 Å². The fourth-order valence-electron chi connectivity index (χ4n) is 3.26. The summed E-state index contributed by atoms with van der Waals surface area (Å²) in [5.41, 5.74) is 4.73. The number of hydrogen-bond acceptors (Lipinski definition) is 7. The molecule has 2 aromatic carbocycles. The van der Waals surface area contributed by atoms with Gasteiger partial charge in [0.25, 0.3) is 0 Å². The predicted molar refractivity (Wildman–Crippen MR) is 118 cm³/mol. The van der Waals surface area contributed by atoms with Crippen molar-refractivity contribution in [3.05, 3.63) is 59.5 Å². The monoisotopic (exact) mass is 408 g/mol. The van der Waals surface area contributed by atoms with Gasteiger partial charge < -0.3 is 20.3 Å². The lowest BCUT2D eigenvalue weighted by atomic mass is 10.1. The van der Waals surface area contributed by atoms with Crippen LogP contribution in [0.5, 0.6) is 0 Å². The Balaban J connectivity index is 1.41. The van der Waals surface area contributed by atoms with Crippen LogP contribution in [0.1, 0.15) is 17.3 Å². The van der Waals surface area contributed by atoms with E-state index < -0.39 is 0 Å². The summed E-state index contributed by atoms with van der Waals surface area (Å²) in [5.74, 6) is -0.306. The highest BCUT2D eigenvalue weighted by molar-refractivity contribution is 7.14. The third-order valence-electron chi connectivity index (χ3n) is 4.80. The second-order valence-electron chi connectivity index (χ2n) is 6.74. The third-order valence-corrected chi connectivity index (χ3v) is 5.55. The molecule has 7 heteroatoms. The molecule has 3 aromatic rings. The smallest absolute Gasteiger partial charge is 0.338 e. The van der Waals surface area contributed by atoms with E-state index in [9.17, 15) is 4.79 Å². The number of aromatic nitrogens is 1. The molecule has 29 heavy (non-hydrogen) atoms. The quantitative estimate of drug-likeness (QED) is 0.598. The zero-order chi connectivity index (χ0) is 20.1. The molecule has 1 saturated heterocycles. The first kappa shape index (κ1) is 19.4. The SMILES string of the molecule is CCOC(=O)c1ccc(Nc2nc(-c3ccc(N4CCNCC4)cc3)cs2)cc1. The molecule has 6 nitrogen and oxygen atoms in total. The first-order valence-corrected chi connectivity index (χ1v) is 10.7. The topological polar surface area (TPSA) is 66.5 Å². The van der Waals surface area contributed by atoms with Crippen molar-refractivity contribution in [3.8, 4) is 11.3 Å². The number of anilines is 3. The van der Waals surface area contributed by atoms with Crippen molar-refractivity contribution in [2.24, 2.45) is 0 Å². The van der Waals surface area contributed by atoms with Crippen molar-refractivity contribution in [3.63, 3.8) is 0 Å². The first-order chi connectivity index (χ1) is 14.2. The molecule has 0 radical (unpaired) electrons. The Morgan fingerprint density at radius 2 is 1.86 bits per heavy atom. The van der Waals surface area contributed by atoms with Crippen molar-refractivity contribution >= 4 is 33.8 Å². The fourth-order valence-corrected chi connectivity index (χ4v) is 4.00. The van der Waals surface area contributed by atoms with Gasteiger partial charge in [-0.25, -0.2) is 9.78 Å². The van der Waals surface area contributed by atoms with Gasteiger partial charge >= 0.3 is 5.97 Å². The van der Waals surface area contributed by atoms with E-state index in [2.05, 4.69) is 45.2 Å². The summed E-state index contributed by atoms with van der Waals surface area (Å²) < 4.78 is 5.01. The summed E-state index contributed by atoms with van der Waals surface area (Å²) in [6, 6.07) is 15.8. The molecule has 2 N–H and O–H groups in total. The second-order valence-corrected chi connectivity index (χ2v) is 7.60. The molecule has 1 fully saturated rings. The number of piperazine rings is 1. The van der Waals surface area contributed by atoms with E-state index in [1.807, 2.05) is 12.1 Å². The molecule has 0 spiro atoms. The van der Waals surface area contributed by atoms with E-state index in [4.69, 9.17) is 9.72 Å². The number of nitrogens with one attached hydrogen (secondary N) is 2. The van der Waals surface area contributed by atoms with Crippen molar-refractivity contribution in [1.82, 2.24) is 10.3 Å². The molecule has 0 bridgehead atoms. The Bertz CT molecular complexity index is 948. The largest absolute Gasteiger partial charge is 0.462 e. The van der Waals surface area contributed by atoms with Gasteiger partial charge in [-0.1, -0.05) is 12.1 Å². The molecule has 1 aliphatic rings. The number of benzene rings is 2. The number of rotatable bonds is 6. The minimum absolute atomic E-state index is 0.306. The fraction of sp³-hybridized carbons (Fsp3) is 0.273. The lowest BCUT2D eigenvalue weighted by Gasteiger charge is -2.29. The third kappa shape index (κ3) is 4.75. The molecular weight excluding hydrogens is 384 g/mol. The van der Waals surface area contributed by atoms with Gasteiger partial charge in [-0.2, -0.15) is 0 Å². The first-order valence-electron chi connectivity index (χ1n) is 9.79. The Hall–Kier alpha value is -2.90. The van der Waals surface area contributed by atoms with Gasteiger partial charge in [-0.3, -0.25) is 0 Å². The normalized spacial score (nSPS) is 13.9. The van der Waals surface area contributed by atoms with Crippen molar-refractivity contribution in [2.75, 3.05) is 43.0 Å². The molecule has 1 aromatic heterocycles. The Morgan fingerprint density at radius 1 is 1.14 bits per heavy atom. The number of ether oxygens (including phenoxy) is 1. The van der Waals surface area contributed by atoms with Crippen molar-refractivity contribution in [2.45, 2.75) is 6.92 Å². The van der Waals surface area contributed by atoms with Gasteiger partial charge in [0.2, 0.25) is 0 Å². The van der Waals surface area contributed by atoms with Crippen molar-refractivity contribution in [1.29, 1.82) is 0 Å². The van der Waals surface area contributed by atoms with Gasteiger partial charge in [-0.15, -0.1) is 11.3 Å². The minimum Gasteiger partial charge on any atom is -0.462 e. The maximum atomic E-state index is 11.7. The van der Waals surface area contributed by atoms with E-state index in [1.165, 1.54) is 5.69 Å². The van der Waals surface area contributed by atoms with Gasteiger partial charge in [0.05, 0.1) is 17.9 Å². The second kappa shape index (κ2) is 9.07. The average Bonchev–Trinajstić information content (AvgIpc) is 3.24. The number of esters is 1. The molecular formula is C22H24N4O2S. The highest BCUT2D eigenvalue weighted by Crippen LogP contribution is 2.28. The molecule has 150 valence electrons. The van der Waals surface area contributed by atoms with E-state index in [0.29, 0.717) is 12.2 Å². The highest BCUT2D eigenvalue weighted by atomic mass is 32.1. The molecule has 0 unspecified atom stereocenters. The van der Waals surface area contributed by atoms with Crippen LogP contribution in [0.3, 0.4) is 0 Å². The molecule has 1 aliphatic heterocycles. The van der Waals surface area contributed by atoms with Crippen LogP contribution in [0, 0.1) is 0 Å². The Kier molecular flexibility index (Phi) is 6.07. The molecule has 4 rings (SSSR count). The Labute approximate surface area is 174 Å². The molecule has 0 saturated carbocycles. The number of nitrogens with zero attached hydrogens (tertiary/aromatic N) is 2. The van der Waals surface area contributed by atoms with Gasteiger partial charge in [-0.05, 0) is 43.3 Å². The number of carbonyl (C=O) groups excluding carboxylic acids is 1. The van der Waals surface area contributed by atoms with E-state index in [1.54, 1.807) is 30.4 Å². The van der Waals surface area contributed by atoms with E-state index >= 15 is 0 Å². The maximum absolute atomic E-state index is 11.7. The summed E-state index contributed by atoms with van der Waals surface area (Å²) in [6.45, 7) is 6.31. The zero-order valence-corrected chi connectivity index (χ0v) is 17.2. The summed E-state index contributed by atoms with van der Waals surface area (Å²) in [7, 11) is 0. The highest BCUT2D eigenvalue weighted by Gasteiger charge is 2.11. The lowest BCUT2D eigenvalue weighted by molar-refractivity contribution is 0.0526. The van der Waals surface area contributed by atoms with Crippen LogP contribution in [0.15, 0.2) is 53.9 Å². The van der Waals surface area contributed by atoms with Crippen LogP contribution >= 0.6 is 11.3 Å². The lowest BCUT2D eigenvalue weighted by Crippen LogP contribution is -2.43. The van der Waals surface area contributed by atoms with E-state index in [0.717, 1.165) is 48.3 Å². The standard InChI is InChI=1S/C22H24N4O2S/c1-2-28-21(27)17-3-7-18(8-4-17)24-22-25-20(15-29-22)16-5-9-19(10-6-16)26-13-11-23-12-14-26/h3-10,15,23H,2,11-14H2,1H3,(H,24,25). The van der Waals surface area contributed by atoms with Gasteiger partial charge in [0, 0.05) is 48.5 Å². The Morgan fingerprint density at radius 3 is 2.55 bits per heavy atom. The van der Waals surface area contributed by atoms with Crippen LogP contribution in [-0.4, -0.2) is 43.7 Å². The summed E-state index contributed by atoms with van der Waals surface area (Å²) in [4.78, 5) is 18.8. The zero-order valence-electron chi connectivity index (χ0n) is 16.4. The van der Waals surface area contributed by atoms with E-state index in [-0.39, 0.29) is 5.97 Å². The van der Waals surface area contributed by atoms with Crippen LogP contribution in [0.2, 0.25) is 0 Å². The van der Waals surface area contributed by atoms with Crippen LogP contribution in [0.4, 0.5) is 16.5 Å². The summed E-state index contributed by atoms with van der Waals surface area (Å²) in [6.07, 6.45) is 0. The number of thiazole rings is 1. The van der Waals surface area contributed by atoms with Gasteiger partial charge in [0.15, 0.2) is 5.13 Å². The van der Waals surface area contributed by atoms with Crippen LogP contribution in [0.25, 0.3) is 11.3 Å². The summed E-state index contributed by atoms with van der Waals surface area (Å²) >= 11 is 1.56. The van der Waals surface area contributed by atoms with Gasteiger partial charge in [0.1, 0.15) is 0 Å². The molecule has 2 heterocycles. The summed E-state index contributed by atoms with van der Waals surface area (Å²) in [5, 5.41) is 9.54. The predicted octanol–water partition coefficient (Wildman–Crippen LogP) is 4.14. The molecule has 0 atom stereocenters. The number of carbonyl (C=O) groups is 1. The number of hydrogen-bond donors (Lipinski definition) is 2. The molecule has 0 aliphatic carbocycles. The minimum atomic E-state index is -0.306.